The summed E-state index contributed by atoms with van der Waals surface area (Å²) >= 11 is 0. The van der Waals surface area contributed by atoms with Gasteiger partial charge in [0.05, 0.1) is 6.42 Å². The predicted molar refractivity (Wildman–Crippen MR) is 97.8 cm³/mol. The number of hydrogen-bond donors (Lipinski definition) is 2. The molecule has 0 spiro atoms. The highest BCUT2D eigenvalue weighted by molar-refractivity contribution is 5.86. The monoisotopic (exact) mass is 332 g/mol. The minimum Gasteiger partial charge on any atom is -0.353 e. The van der Waals surface area contributed by atoms with E-state index in [1.807, 2.05) is 18.2 Å². The van der Waals surface area contributed by atoms with Crippen molar-refractivity contribution in [2.45, 2.75) is 38.1 Å². The number of amides is 1. The normalized spacial score (nSPS) is 20.7. The quantitative estimate of drug-likeness (QED) is 0.901. The Bertz CT molecular complexity index is 659. The van der Waals surface area contributed by atoms with Crippen molar-refractivity contribution in [3.8, 4) is 0 Å². The Morgan fingerprint density at radius 3 is 2.61 bits per heavy atom. The Morgan fingerprint density at radius 1 is 1.09 bits per heavy atom. The molecular weight excluding hydrogens is 308 g/mol. The summed E-state index contributed by atoms with van der Waals surface area (Å²) in [6, 6.07) is 14.7. The summed E-state index contributed by atoms with van der Waals surface area (Å²) in [5, 5.41) is 5.59. The van der Waals surface area contributed by atoms with E-state index >= 15 is 0 Å². The van der Waals surface area contributed by atoms with Crippen molar-refractivity contribution in [3.63, 3.8) is 0 Å². The van der Waals surface area contributed by atoms with E-state index in [2.05, 4.69) is 29.6 Å². The summed E-state index contributed by atoms with van der Waals surface area (Å²) in [7, 11) is 0. The fourth-order valence-corrected chi connectivity index (χ4v) is 3.47. The molecule has 0 radical (unpaired) electrons. The number of hydrogen-bond acceptors (Lipinski definition) is 2. The van der Waals surface area contributed by atoms with Crippen molar-refractivity contribution in [2.24, 2.45) is 11.7 Å². The second-order valence-electron chi connectivity index (χ2n) is 6.31. The maximum Gasteiger partial charge on any atom is 0.224 e. The molecule has 2 atom stereocenters. The number of rotatable bonds is 4. The van der Waals surface area contributed by atoms with Crippen LogP contribution in [-0.2, 0) is 11.2 Å². The molecule has 1 saturated carbocycles. The molecule has 1 aliphatic rings. The predicted octanol–water partition coefficient (Wildman–Crippen LogP) is 3.44. The van der Waals surface area contributed by atoms with Gasteiger partial charge in [0.1, 0.15) is 0 Å². The van der Waals surface area contributed by atoms with E-state index < -0.39 is 0 Å². The first kappa shape index (κ1) is 17.8. The maximum atomic E-state index is 12.3. The van der Waals surface area contributed by atoms with Crippen molar-refractivity contribution in [1.82, 2.24) is 5.32 Å². The van der Waals surface area contributed by atoms with Gasteiger partial charge in [0.2, 0.25) is 5.91 Å². The zero-order chi connectivity index (χ0) is 15.4. The molecule has 3 nitrogen and oxygen atoms in total. The second-order valence-corrected chi connectivity index (χ2v) is 6.31. The Labute approximate surface area is 144 Å². The second kappa shape index (κ2) is 8.32. The van der Waals surface area contributed by atoms with Gasteiger partial charge in [-0.15, -0.1) is 12.4 Å². The van der Waals surface area contributed by atoms with E-state index in [-0.39, 0.29) is 24.4 Å². The largest absolute Gasteiger partial charge is 0.353 e. The fourth-order valence-electron chi connectivity index (χ4n) is 3.47. The molecule has 1 aliphatic carbocycles. The summed E-state index contributed by atoms with van der Waals surface area (Å²) in [5.74, 6) is 0.551. The number of nitrogens with one attached hydrogen (secondary N) is 1. The van der Waals surface area contributed by atoms with Gasteiger partial charge in [-0.2, -0.15) is 0 Å². The first-order chi connectivity index (χ1) is 10.8. The molecule has 1 amide bonds. The first-order valence-electron chi connectivity index (χ1n) is 8.23. The van der Waals surface area contributed by atoms with Gasteiger partial charge < -0.3 is 11.1 Å². The van der Waals surface area contributed by atoms with Gasteiger partial charge >= 0.3 is 0 Å². The van der Waals surface area contributed by atoms with Crippen molar-refractivity contribution >= 4 is 29.1 Å². The van der Waals surface area contributed by atoms with Crippen LogP contribution in [0.1, 0.15) is 31.2 Å². The van der Waals surface area contributed by atoms with Gasteiger partial charge in [0.15, 0.2) is 0 Å². The van der Waals surface area contributed by atoms with Gasteiger partial charge in [-0.25, -0.2) is 0 Å². The smallest absolute Gasteiger partial charge is 0.224 e. The van der Waals surface area contributed by atoms with Crippen LogP contribution in [-0.4, -0.2) is 18.5 Å². The molecule has 0 aliphatic heterocycles. The number of nitrogens with two attached hydrogens (primary N) is 1. The minimum absolute atomic E-state index is 0. The topological polar surface area (TPSA) is 55.1 Å². The third-order valence-electron chi connectivity index (χ3n) is 4.74. The summed E-state index contributed by atoms with van der Waals surface area (Å²) in [6.07, 6.45) is 5.07. The van der Waals surface area contributed by atoms with Crippen LogP contribution in [0.2, 0.25) is 0 Å². The van der Waals surface area contributed by atoms with Crippen LogP contribution in [0.5, 0.6) is 0 Å². The first-order valence-corrected chi connectivity index (χ1v) is 8.23. The summed E-state index contributed by atoms with van der Waals surface area (Å²) in [4.78, 5) is 12.3. The molecule has 0 aromatic heterocycles. The van der Waals surface area contributed by atoms with E-state index in [0.717, 1.165) is 18.4 Å². The van der Waals surface area contributed by atoms with Crippen molar-refractivity contribution < 1.29 is 4.79 Å². The van der Waals surface area contributed by atoms with Crippen LogP contribution in [0, 0.1) is 5.92 Å². The molecule has 0 heterocycles. The molecule has 4 heteroatoms. The number of halogens is 1. The van der Waals surface area contributed by atoms with Crippen LogP contribution < -0.4 is 11.1 Å². The van der Waals surface area contributed by atoms with Crippen LogP contribution in [0.3, 0.4) is 0 Å². The van der Waals surface area contributed by atoms with E-state index in [1.54, 1.807) is 0 Å². The number of benzene rings is 2. The third kappa shape index (κ3) is 4.46. The van der Waals surface area contributed by atoms with Gasteiger partial charge in [0.25, 0.3) is 0 Å². The summed E-state index contributed by atoms with van der Waals surface area (Å²) in [6.45, 7) is 0.668. The highest BCUT2D eigenvalue weighted by atomic mass is 35.5. The Hall–Kier alpha value is -1.58. The summed E-state index contributed by atoms with van der Waals surface area (Å²) < 4.78 is 0. The molecule has 2 unspecified atom stereocenters. The number of carbonyl (C=O) groups excluding carboxylic acids is 1. The molecule has 0 saturated heterocycles. The zero-order valence-corrected chi connectivity index (χ0v) is 14.1. The molecule has 3 N–H and O–H groups in total. The zero-order valence-electron chi connectivity index (χ0n) is 13.3. The van der Waals surface area contributed by atoms with Crippen molar-refractivity contribution in [3.05, 3.63) is 48.0 Å². The number of carbonyl (C=O) groups is 1. The highest BCUT2D eigenvalue weighted by Crippen LogP contribution is 2.23. The molecule has 3 rings (SSSR count). The lowest BCUT2D eigenvalue weighted by atomic mass is 9.84. The lowest BCUT2D eigenvalue weighted by Crippen LogP contribution is -2.45. The lowest BCUT2D eigenvalue weighted by molar-refractivity contribution is -0.121. The Morgan fingerprint density at radius 2 is 1.83 bits per heavy atom. The number of fused-ring (bicyclic) bond motifs is 1. The van der Waals surface area contributed by atoms with Crippen molar-refractivity contribution in [2.75, 3.05) is 6.54 Å². The van der Waals surface area contributed by atoms with Gasteiger partial charge in [0, 0.05) is 6.04 Å². The summed E-state index contributed by atoms with van der Waals surface area (Å²) in [5.41, 5.74) is 6.90. The van der Waals surface area contributed by atoms with E-state index in [0.29, 0.717) is 18.9 Å². The Kier molecular flexibility index (Phi) is 6.43. The van der Waals surface area contributed by atoms with Crippen LogP contribution in [0.25, 0.3) is 10.8 Å². The van der Waals surface area contributed by atoms with Gasteiger partial charge in [-0.1, -0.05) is 55.3 Å². The molecule has 2 aromatic carbocycles. The SMILES string of the molecule is Cl.NCC1CCCCC1NC(=O)Cc1ccc2ccccc2c1. The van der Waals surface area contributed by atoms with E-state index in [4.69, 9.17) is 5.73 Å². The average Bonchev–Trinajstić information content (AvgIpc) is 2.55. The maximum absolute atomic E-state index is 12.3. The Balaban J connectivity index is 0.00000192. The van der Waals surface area contributed by atoms with Gasteiger partial charge in [-0.3, -0.25) is 4.79 Å². The molecule has 2 aromatic rings. The van der Waals surface area contributed by atoms with Crippen LogP contribution >= 0.6 is 12.4 Å². The molecule has 0 bridgehead atoms. The van der Waals surface area contributed by atoms with Gasteiger partial charge in [-0.05, 0) is 41.6 Å². The molecule has 23 heavy (non-hydrogen) atoms. The standard InChI is InChI=1S/C19H24N2O.ClH/c20-13-17-7-3-4-8-18(17)21-19(22)12-14-9-10-15-5-1-2-6-16(15)11-14;/h1-2,5-6,9-11,17-18H,3-4,7-8,12-13,20H2,(H,21,22);1H. The van der Waals surface area contributed by atoms with Crippen LogP contribution in [0.4, 0.5) is 0 Å². The highest BCUT2D eigenvalue weighted by Gasteiger charge is 2.25. The minimum atomic E-state index is 0. The lowest BCUT2D eigenvalue weighted by Gasteiger charge is -2.31. The average molecular weight is 333 g/mol. The molecule has 1 fully saturated rings. The molecular formula is C19H25ClN2O. The van der Waals surface area contributed by atoms with Crippen LogP contribution in [0.15, 0.2) is 42.5 Å². The third-order valence-corrected chi connectivity index (χ3v) is 4.74. The molecule has 124 valence electrons. The fraction of sp³-hybridized carbons (Fsp3) is 0.421. The van der Waals surface area contributed by atoms with E-state index in [9.17, 15) is 4.79 Å². The van der Waals surface area contributed by atoms with E-state index in [1.165, 1.54) is 23.6 Å². The van der Waals surface area contributed by atoms with Crippen molar-refractivity contribution in [1.29, 1.82) is 0 Å².